The Hall–Kier alpha value is -3.21. The van der Waals surface area contributed by atoms with E-state index >= 15 is 0 Å². The van der Waals surface area contributed by atoms with E-state index in [1.165, 1.54) is 5.39 Å². The van der Waals surface area contributed by atoms with Gasteiger partial charge in [0.1, 0.15) is 0 Å². The molecule has 0 heterocycles. The van der Waals surface area contributed by atoms with Gasteiger partial charge in [0.15, 0.2) is 0 Å². The molecular formula is C19H13N3. The van der Waals surface area contributed by atoms with E-state index in [4.69, 9.17) is 5.53 Å². The second kappa shape index (κ2) is 6.49. The standard InChI is InChI=1S/C19H13N3/c20-22-21-14-18-8-2-1-6-15(18)12-13-17-10-5-9-16-7-3-4-11-19(16)17/h1-11H,14H2. The van der Waals surface area contributed by atoms with E-state index in [0.717, 1.165) is 22.1 Å². The van der Waals surface area contributed by atoms with Crippen LogP contribution < -0.4 is 0 Å². The molecule has 104 valence electrons. The SMILES string of the molecule is [N-]=[N+]=NCc1ccccc1C#Cc1cccc2ccccc12. The van der Waals surface area contributed by atoms with Crippen molar-refractivity contribution >= 4 is 10.8 Å². The molecule has 0 spiro atoms. The highest BCUT2D eigenvalue weighted by atomic mass is 15.1. The lowest BCUT2D eigenvalue weighted by molar-refractivity contribution is 1.04. The molecule has 0 atom stereocenters. The normalized spacial score (nSPS) is 9.64. The average Bonchev–Trinajstić information content (AvgIpc) is 2.59. The lowest BCUT2D eigenvalue weighted by atomic mass is 10.0. The molecule has 0 unspecified atom stereocenters. The zero-order valence-electron chi connectivity index (χ0n) is 11.9. The second-order valence-corrected chi connectivity index (χ2v) is 4.82. The molecule has 0 N–H and O–H groups in total. The summed E-state index contributed by atoms with van der Waals surface area (Å²) in [5.41, 5.74) is 11.3. The zero-order chi connectivity index (χ0) is 15.2. The molecule has 0 saturated carbocycles. The Labute approximate surface area is 128 Å². The molecule has 0 aromatic heterocycles. The summed E-state index contributed by atoms with van der Waals surface area (Å²) in [6, 6.07) is 22.0. The number of nitrogens with zero attached hydrogens (tertiary/aromatic N) is 3. The minimum atomic E-state index is 0.316. The van der Waals surface area contributed by atoms with E-state index in [-0.39, 0.29) is 0 Å². The van der Waals surface area contributed by atoms with Gasteiger partial charge in [-0.2, -0.15) is 0 Å². The van der Waals surface area contributed by atoms with Crippen molar-refractivity contribution in [1.29, 1.82) is 0 Å². The van der Waals surface area contributed by atoms with Crippen LogP contribution in [0.2, 0.25) is 0 Å². The van der Waals surface area contributed by atoms with Gasteiger partial charge in [0, 0.05) is 16.0 Å². The predicted molar refractivity (Wildman–Crippen MR) is 89.2 cm³/mol. The number of fused-ring (bicyclic) bond motifs is 1. The summed E-state index contributed by atoms with van der Waals surface area (Å²) in [5, 5.41) is 5.94. The summed E-state index contributed by atoms with van der Waals surface area (Å²) in [6.07, 6.45) is 0. The fourth-order valence-corrected chi connectivity index (χ4v) is 2.36. The molecular weight excluding hydrogens is 270 g/mol. The van der Waals surface area contributed by atoms with Crippen LogP contribution in [0.5, 0.6) is 0 Å². The van der Waals surface area contributed by atoms with Crippen LogP contribution in [0.15, 0.2) is 71.8 Å². The van der Waals surface area contributed by atoms with Gasteiger partial charge in [0.2, 0.25) is 0 Å². The Bertz CT molecular complexity index is 921. The number of hydrogen-bond acceptors (Lipinski definition) is 1. The minimum Gasteiger partial charge on any atom is -0.0892 e. The van der Waals surface area contributed by atoms with Crippen molar-refractivity contribution < 1.29 is 0 Å². The third kappa shape index (κ3) is 2.93. The third-order valence-electron chi connectivity index (χ3n) is 3.44. The molecule has 0 aliphatic heterocycles. The molecule has 0 aliphatic rings. The van der Waals surface area contributed by atoms with Crippen LogP contribution in [0, 0.1) is 11.8 Å². The molecule has 3 nitrogen and oxygen atoms in total. The largest absolute Gasteiger partial charge is 0.0892 e. The van der Waals surface area contributed by atoms with Gasteiger partial charge in [-0.1, -0.05) is 71.6 Å². The maximum atomic E-state index is 8.47. The zero-order valence-corrected chi connectivity index (χ0v) is 11.9. The van der Waals surface area contributed by atoms with Crippen LogP contribution >= 0.6 is 0 Å². The molecule has 22 heavy (non-hydrogen) atoms. The number of hydrogen-bond donors (Lipinski definition) is 0. The highest BCUT2D eigenvalue weighted by molar-refractivity contribution is 5.88. The van der Waals surface area contributed by atoms with E-state index in [1.807, 2.05) is 48.5 Å². The van der Waals surface area contributed by atoms with Gasteiger partial charge in [0.05, 0.1) is 6.54 Å². The molecule has 0 bridgehead atoms. The summed E-state index contributed by atoms with van der Waals surface area (Å²) in [7, 11) is 0. The van der Waals surface area contributed by atoms with Gasteiger partial charge >= 0.3 is 0 Å². The van der Waals surface area contributed by atoms with Crippen molar-refractivity contribution in [1.82, 2.24) is 0 Å². The fourth-order valence-electron chi connectivity index (χ4n) is 2.36. The lowest BCUT2D eigenvalue weighted by Gasteiger charge is -2.01. The maximum Gasteiger partial charge on any atom is 0.0523 e. The van der Waals surface area contributed by atoms with Crippen LogP contribution in [0.1, 0.15) is 16.7 Å². The van der Waals surface area contributed by atoms with Crippen molar-refractivity contribution in [3.63, 3.8) is 0 Å². The molecule has 0 radical (unpaired) electrons. The molecule has 3 aromatic carbocycles. The Kier molecular flexibility index (Phi) is 4.06. The quantitative estimate of drug-likeness (QED) is 0.273. The molecule has 0 amide bonds. The van der Waals surface area contributed by atoms with E-state index in [9.17, 15) is 0 Å². The van der Waals surface area contributed by atoms with Crippen molar-refractivity contribution in [2.45, 2.75) is 6.54 Å². The van der Waals surface area contributed by atoms with Gasteiger partial charge in [-0.15, -0.1) is 0 Å². The Morgan fingerprint density at radius 2 is 1.50 bits per heavy atom. The van der Waals surface area contributed by atoms with E-state index in [2.05, 4.69) is 40.1 Å². The maximum absolute atomic E-state index is 8.47. The van der Waals surface area contributed by atoms with Crippen molar-refractivity contribution in [3.8, 4) is 11.8 Å². The number of azide groups is 1. The van der Waals surface area contributed by atoms with Crippen LogP contribution in [-0.4, -0.2) is 0 Å². The Morgan fingerprint density at radius 1 is 0.818 bits per heavy atom. The molecule has 0 fully saturated rings. The van der Waals surface area contributed by atoms with Crippen molar-refractivity contribution in [2.75, 3.05) is 0 Å². The number of benzene rings is 3. The predicted octanol–water partition coefficient (Wildman–Crippen LogP) is 5.05. The van der Waals surface area contributed by atoms with Gasteiger partial charge in [-0.3, -0.25) is 0 Å². The van der Waals surface area contributed by atoms with Crippen LogP contribution in [0.4, 0.5) is 0 Å². The minimum absolute atomic E-state index is 0.316. The van der Waals surface area contributed by atoms with E-state index < -0.39 is 0 Å². The topological polar surface area (TPSA) is 48.8 Å². The Balaban J connectivity index is 2.04. The summed E-state index contributed by atoms with van der Waals surface area (Å²) in [5.74, 6) is 6.43. The van der Waals surface area contributed by atoms with Crippen LogP contribution in [0.25, 0.3) is 21.2 Å². The van der Waals surface area contributed by atoms with Gasteiger partial charge < -0.3 is 0 Å². The van der Waals surface area contributed by atoms with Crippen molar-refractivity contribution in [3.05, 3.63) is 93.9 Å². The smallest absolute Gasteiger partial charge is 0.0523 e. The lowest BCUT2D eigenvalue weighted by Crippen LogP contribution is -1.87. The third-order valence-corrected chi connectivity index (χ3v) is 3.44. The number of rotatable bonds is 2. The summed E-state index contributed by atoms with van der Waals surface area (Å²) in [6.45, 7) is 0.316. The van der Waals surface area contributed by atoms with Crippen molar-refractivity contribution in [2.24, 2.45) is 5.11 Å². The average molecular weight is 283 g/mol. The molecule has 0 saturated heterocycles. The molecule has 3 rings (SSSR count). The first-order chi connectivity index (χ1) is 10.9. The summed E-state index contributed by atoms with van der Waals surface area (Å²) in [4.78, 5) is 2.81. The van der Waals surface area contributed by atoms with Crippen LogP contribution in [0.3, 0.4) is 0 Å². The first-order valence-corrected chi connectivity index (χ1v) is 6.97. The highest BCUT2D eigenvalue weighted by Crippen LogP contribution is 2.18. The monoisotopic (exact) mass is 283 g/mol. The molecule has 3 heteroatoms. The highest BCUT2D eigenvalue weighted by Gasteiger charge is 1.99. The first-order valence-electron chi connectivity index (χ1n) is 6.97. The van der Waals surface area contributed by atoms with Gasteiger partial charge in [-0.25, -0.2) is 0 Å². The summed E-state index contributed by atoms with van der Waals surface area (Å²) >= 11 is 0. The molecule has 0 aliphatic carbocycles. The first kappa shape index (κ1) is 13.8. The van der Waals surface area contributed by atoms with Gasteiger partial charge in [-0.05, 0) is 34.0 Å². The Morgan fingerprint density at radius 3 is 2.41 bits per heavy atom. The van der Waals surface area contributed by atoms with Gasteiger partial charge in [0.25, 0.3) is 0 Å². The fraction of sp³-hybridized carbons (Fsp3) is 0.0526. The van der Waals surface area contributed by atoms with E-state index in [1.54, 1.807) is 0 Å². The second-order valence-electron chi connectivity index (χ2n) is 4.82. The summed E-state index contributed by atoms with van der Waals surface area (Å²) < 4.78 is 0. The van der Waals surface area contributed by atoms with E-state index in [0.29, 0.717) is 6.54 Å². The van der Waals surface area contributed by atoms with Crippen LogP contribution in [-0.2, 0) is 6.54 Å². The molecule has 3 aromatic rings.